The summed E-state index contributed by atoms with van der Waals surface area (Å²) in [6.45, 7) is 10.9. The maximum Gasteiger partial charge on any atom is 0.316 e. The summed E-state index contributed by atoms with van der Waals surface area (Å²) in [6, 6.07) is 1.09. The van der Waals surface area contributed by atoms with E-state index in [9.17, 15) is 0 Å². The van der Waals surface area contributed by atoms with E-state index in [1.54, 1.807) is 0 Å². The molecule has 1 aliphatic heterocycles. The zero-order valence-electron chi connectivity index (χ0n) is 18.1. The lowest BCUT2D eigenvalue weighted by molar-refractivity contribution is 0.269. The molecule has 0 radical (unpaired) electrons. The zero-order chi connectivity index (χ0) is 19.3. The minimum absolute atomic E-state index is 0.915. The van der Waals surface area contributed by atoms with Crippen molar-refractivity contribution in [2.45, 2.75) is 116 Å². The van der Waals surface area contributed by atoms with E-state index in [1.807, 2.05) is 0 Å². The van der Waals surface area contributed by atoms with Gasteiger partial charge in [-0.1, -0.05) is 84.0 Å². The third-order valence-electron chi connectivity index (χ3n) is 5.06. The van der Waals surface area contributed by atoms with Gasteiger partial charge in [-0.2, -0.15) is 0 Å². The molecule has 1 rings (SSSR count). The van der Waals surface area contributed by atoms with Gasteiger partial charge in [0.1, 0.15) is 0 Å². The van der Waals surface area contributed by atoms with E-state index in [0.717, 1.165) is 6.04 Å². The van der Waals surface area contributed by atoms with Crippen molar-refractivity contribution >= 4 is 36.4 Å². The Morgan fingerprint density at radius 1 is 0.769 bits per heavy atom. The highest BCUT2D eigenvalue weighted by atomic mass is 28.5. The van der Waals surface area contributed by atoms with Crippen molar-refractivity contribution in [3.8, 4) is 0 Å². The lowest BCUT2D eigenvalue weighted by Gasteiger charge is -2.39. The number of rotatable bonds is 13. The number of hydrogen-bond acceptors (Lipinski definition) is 4. The summed E-state index contributed by atoms with van der Waals surface area (Å²) in [5.74, 6) is 0. The van der Waals surface area contributed by atoms with Gasteiger partial charge in [0.25, 0.3) is 19.3 Å². The summed E-state index contributed by atoms with van der Waals surface area (Å²) in [7, 11) is -6.60. The average molecular weight is 437 g/mol. The first kappa shape index (κ1) is 24.7. The van der Waals surface area contributed by atoms with Crippen LogP contribution in [0.1, 0.15) is 84.0 Å². The van der Waals surface area contributed by atoms with Gasteiger partial charge in [0.05, 0.1) is 0 Å². The van der Waals surface area contributed by atoms with E-state index >= 15 is 0 Å². The first-order valence-corrected chi connectivity index (χ1v) is 19.6. The molecule has 0 spiro atoms. The monoisotopic (exact) mass is 436 g/mol. The molecule has 0 aromatic heterocycles. The molecule has 26 heavy (non-hydrogen) atoms. The molecule has 0 N–H and O–H groups in total. The van der Waals surface area contributed by atoms with Gasteiger partial charge in [-0.05, 0) is 32.2 Å². The van der Waals surface area contributed by atoms with Crippen LogP contribution in [0.5, 0.6) is 0 Å². The Kier molecular flexibility index (Phi) is 13.1. The summed E-state index contributed by atoms with van der Waals surface area (Å²) in [5.41, 5.74) is 0. The summed E-state index contributed by atoms with van der Waals surface area (Å²) in [5, 5.41) is 0. The van der Waals surface area contributed by atoms with Crippen LogP contribution >= 0.6 is 0 Å². The molecule has 156 valence electrons. The summed E-state index contributed by atoms with van der Waals surface area (Å²) in [6.07, 6.45) is 16.6. The highest BCUT2D eigenvalue weighted by Crippen LogP contribution is 2.25. The van der Waals surface area contributed by atoms with Crippen molar-refractivity contribution in [3.05, 3.63) is 0 Å². The SMILES string of the molecule is CCCCCCCCCCCCCC[Si]1(C)O[SiH2]O[SiH](C)O[Si](C)(C)O1. The molecule has 0 aromatic rings. The second kappa shape index (κ2) is 13.8. The van der Waals surface area contributed by atoms with Gasteiger partial charge in [-0.3, -0.25) is 0 Å². The molecule has 1 fully saturated rings. The van der Waals surface area contributed by atoms with Crippen molar-refractivity contribution in [2.75, 3.05) is 0 Å². The van der Waals surface area contributed by atoms with Crippen molar-refractivity contribution in [2.24, 2.45) is 0 Å². The molecule has 0 amide bonds. The highest BCUT2D eigenvalue weighted by Gasteiger charge is 2.42. The lowest BCUT2D eigenvalue weighted by atomic mass is 10.1. The van der Waals surface area contributed by atoms with Gasteiger partial charge in [0, 0.05) is 0 Å². The van der Waals surface area contributed by atoms with Crippen LogP contribution in [0.15, 0.2) is 0 Å². The lowest BCUT2D eigenvalue weighted by Crippen LogP contribution is -2.55. The van der Waals surface area contributed by atoms with Gasteiger partial charge < -0.3 is 16.5 Å². The van der Waals surface area contributed by atoms with Gasteiger partial charge >= 0.3 is 17.1 Å². The van der Waals surface area contributed by atoms with Gasteiger partial charge in [0.15, 0.2) is 0 Å². The van der Waals surface area contributed by atoms with E-state index in [2.05, 4.69) is 33.1 Å². The van der Waals surface area contributed by atoms with Crippen LogP contribution in [-0.4, -0.2) is 36.4 Å². The number of hydrogen-bond donors (Lipinski definition) is 0. The third kappa shape index (κ3) is 12.2. The van der Waals surface area contributed by atoms with Gasteiger partial charge in [-0.25, -0.2) is 0 Å². The molecular weight excluding hydrogens is 393 g/mol. The quantitative estimate of drug-likeness (QED) is 0.286. The molecule has 1 heterocycles. The van der Waals surface area contributed by atoms with E-state index in [4.69, 9.17) is 16.5 Å². The molecule has 0 aliphatic carbocycles. The first-order valence-electron chi connectivity index (χ1n) is 11.0. The maximum absolute atomic E-state index is 6.46. The Labute approximate surface area is 169 Å². The minimum Gasteiger partial charge on any atom is -0.423 e. The predicted molar refractivity (Wildman–Crippen MR) is 121 cm³/mol. The Bertz CT molecular complexity index is 360. The molecule has 0 bridgehead atoms. The predicted octanol–water partition coefficient (Wildman–Crippen LogP) is 5.39. The second-order valence-electron chi connectivity index (χ2n) is 8.39. The zero-order valence-corrected chi connectivity index (χ0v) is 22.7. The topological polar surface area (TPSA) is 36.9 Å². The van der Waals surface area contributed by atoms with E-state index < -0.39 is 36.4 Å². The average Bonchev–Trinajstić information content (AvgIpc) is 2.53. The van der Waals surface area contributed by atoms with Gasteiger partial charge in [0.2, 0.25) is 0 Å². The second-order valence-corrected chi connectivity index (χ2v) is 19.6. The molecule has 1 aliphatic rings. The molecule has 0 saturated carbocycles. The van der Waals surface area contributed by atoms with Crippen LogP contribution < -0.4 is 0 Å². The van der Waals surface area contributed by atoms with Crippen molar-refractivity contribution in [1.29, 1.82) is 0 Å². The van der Waals surface area contributed by atoms with Crippen LogP contribution in [0.25, 0.3) is 0 Å². The fraction of sp³-hybridized carbons (Fsp3) is 1.00. The van der Waals surface area contributed by atoms with E-state index in [0.29, 0.717) is 0 Å². The van der Waals surface area contributed by atoms with Crippen LogP contribution in [0.3, 0.4) is 0 Å². The summed E-state index contributed by atoms with van der Waals surface area (Å²) < 4.78 is 24.6. The minimum atomic E-state index is -2.09. The summed E-state index contributed by atoms with van der Waals surface area (Å²) >= 11 is 0. The maximum atomic E-state index is 6.46. The largest absolute Gasteiger partial charge is 0.423 e. The van der Waals surface area contributed by atoms with Crippen molar-refractivity contribution < 1.29 is 16.5 Å². The Morgan fingerprint density at radius 2 is 1.27 bits per heavy atom. The smallest absolute Gasteiger partial charge is 0.316 e. The van der Waals surface area contributed by atoms with E-state index in [-0.39, 0.29) is 0 Å². The fourth-order valence-corrected chi connectivity index (χ4v) is 17.8. The molecule has 0 aromatic carbocycles. The molecule has 1 saturated heterocycles. The van der Waals surface area contributed by atoms with Gasteiger partial charge in [-0.15, -0.1) is 0 Å². The number of unbranched alkanes of at least 4 members (excludes halogenated alkanes) is 11. The molecule has 2 atom stereocenters. The Balaban J connectivity index is 2.05. The van der Waals surface area contributed by atoms with Crippen LogP contribution in [0.2, 0.25) is 32.2 Å². The normalized spacial score (nSPS) is 27.3. The third-order valence-corrected chi connectivity index (χ3v) is 19.0. The Morgan fingerprint density at radius 3 is 1.81 bits per heavy atom. The summed E-state index contributed by atoms with van der Waals surface area (Å²) in [4.78, 5) is 0. The van der Waals surface area contributed by atoms with Crippen LogP contribution in [0, 0.1) is 0 Å². The standard InChI is InChI=1S/C18H44O4Si4/c1-6-7-8-9-10-11-12-13-14-15-16-17-18-26(5)20-23-19-24(2)21-25(3,4)22-26/h24H,6-18,23H2,1-5H3. The molecule has 2 unspecified atom stereocenters. The van der Waals surface area contributed by atoms with Crippen molar-refractivity contribution in [1.82, 2.24) is 0 Å². The van der Waals surface area contributed by atoms with Crippen LogP contribution in [0.4, 0.5) is 0 Å². The highest BCUT2D eigenvalue weighted by molar-refractivity contribution is 6.84. The Hall–Kier alpha value is 0.708. The fourth-order valence-electron chi connectivity index (χ4n) is 3.67. The van der Waals surface area contributed by atoms with Crippen LogP contribution in [-0.2, 0) is 16.5 Å². The first-order chi connectivity index (χ1) is 12.4. The van der Waals surface area contributed by atoms with Crippen molar-refractivity contribution in [3.63, 3.8) is 0 Å². The molecule has 8 heteroatoms. The molecule has 4 nitrogen and oxygen atoms in total. The van der Waals surface area contributed by atoms with E-state index in [1.165, 1.54) is 77.0 Å². The molecular formula is C18H44O4Si4.